The van der Waals surface area contributed by atoms with Crippen molar-refractivity contribution in [3.8, 4) is 0 Å². The summed E-state index contributed by atoms with van der Waals surface area (Å²) in [6.45, 7) is 5.41. The number of benzene rings is 2. The minimum atomic E-state index is -4.53. The molecule has 0 fully saturated rings. The van der Waals surface area contributed by atoms with E-state index in [9.17, 15) is 22.8 Å². The summed E-state index contributed by atoms with van der Waals surface area (Å²) in [4.78, 5) is 29.8. The van der Waals surface area contributed by atoms with Crippen LogP contribution in [0.2, 0.25) is 0 Å². The van der Waals surface area contributed by atoms with E-state index in [0.29, 0.717) is 17.3 Å². The van der Waals surface area contributed by atoms with Gasteiger partial charge in [0, 0.05) is 24.1 Å². The van der Waals surface area contributed by atoms with E-state index in [1.165, 1.54) is 31.2 Å². The van der Waals surface area contributed by atoms with Crippen molar-refractivity contribution in [2.24, 2.45) is 0 Å². The van der Waals surface area contributed by atoms with E-state index in [1.807, 2.05) is 24.3 Å². The van der Waals surface area contributed by atoms with E-state index in [4.69, 9.17) is 0 Å². The Balaban J connectivity index is 1.74. The van der Waals surface area contributed by atoms with Crippen LogP contribution in [0.3, 0.4) is 0 Å². The van der Waals surface area contributed by atoms with Crippen molar-refractivity contribution in [3.05, 3.63) is 76.8 Å². The number of anilines is 3. The molecule has 9 heteroatoms. The van der Waals surface area contributed by atoms with Gasteiger partial charge in [-0.3, -0.25) is 14.5 Å². The first-order valence-electron chi connectivity index (χ1n) is 10.1. The van der Waals surface area contributed by atoms with Gasteiger partial charge >= 0.3 is 6.18 Å². The third kappa shape index (κ3) is 6.29. The van der Waals surface area contributed by atoms with Crippen LogP contribution >= 0.6 is 11.3 Å². The molecule has 5 nitrogen and oxygen atoms in total. The highest BCUT2D eigenvalue weighted by Crippen LogP contribution is 2.35. The molecule has 0 aliphatic rings. The molecule has 0 atom stereocenters. The molecule has 0 spiro atoms. The molecule has 1 N–H and O–H groups in total. The fraction of sp³-hybridized carbons (Fsp3) is 0.208. The summed E-state index contributed by atoms with van der Waals surface area (Å²) in [7, 11) is 0. The largest absolute Gasteiger partial charge is 0.416 e. The van der Waals surface area contributed by atoms with Crippen LogP contribution < -0.4 is 10.2 Å². The van der Waals surface area contributed by atoms with Crippen molar-refractivity contribution >= 4 is 45.7 Å². The first-order valence-corrected chi connectivity index (χ1v) is 10.9. The molecule has 0 bridgehead atoms. The lowest BCUT2D eigenvalue weighted by Crippen LogP contribution is -2.23. The summed E-state index contributed by atoms with van der Waals surface area (Å²) in [5.74, 6) is -0.455. The van der Waals surface area contributed by atoms with Gasteiger partial charge in [0.1, 0.15) is 0 Å². The van der Waals surface area contributed by atoms with Crippen LogP contribution in [0.15, 0.2) is 60.0 Å². The first kappa shape index (κ1) is 24.2. The van der Waals surface area contributed by atoms with Gasteiger partial charge in [0.15, 0.2) is 5.13 Å². The van der Waals surface area contributed by atoms with Crippen LogP contribution in [0, 0.1) is 0 Å². The quantitative estimate of drug-likeness (QED) is 0.409. The summed E-state index contributed by atoms with van der Waals surface area (Å²) in [6, 6.07) is 12.0. The molecule has 172 valence electrons. The highest BCUT2D eigenvalue weighted by molar-refractivity contribution is 7.14. The zero-order chi connectivity index (χ0) is 24.2. The Labute approximate surface area is 193 Å². The molecule has 0 aliphatic carbocycles. The number of rotatable bonds is 6. The number of halogens is 3. The number of carbonyl (C=O) groups is 2. The third-order valence-corrected chi connectivity index (χ3v) is 5.54. The zero-order valence-electron chi connectivity index (χ0n) is 18.2. The Hall–Kier alpha value is -3.46. The predicted molar refractivity (Wildman–Crippen MR) is 125 cm³/mol. The Morgan fingerprint density at radius 2 is 1.82 bits per heavy atom. The van der Waals surface area contributed by atoms with Gasteiger partial charge in [0.2, 0.25) is 11.8 Å². The lowest BCUT2D eigenvalue weighted by Gasteiger charge is -2.19. The van der Waals surface area contributed by atoms with E-state index >= 15 is 0 Å². The van der Waals surface area contributed by atoms with Gasteiger partial charge in [-0.1, -0.05) is 32.0 Å². The zero-order valence-corrected chi connectivity index (χ0v) is 19.0. The molecule has 2 amide bonds. The molecule has 0 saturated heterocycles. The normalized spacial score (nSPS) is 11.7. The highest BCUT2D eigenvalue weighted by atomic mass is 32.1. The number of aromatic nitrogens is 1. The van der Waals surface area contributed by atoms with Gasteiger partial charge in [-0.2, -0.15) is 13.2 Å². The smallest absolute Gasteiger partial charge is 0.323 e. The van der Waals surface area contributed by atoms with Gasteiger partial charge < -0.3 is 5.32 Å². The maximum Gasteiger partial charge on any atom is 0.416 e. The highest BCUT2D eigenvalue weighted by Gasteiger charge is 2.31. The number of hydrogen-bond acceptors (Lipinski definition) is 4. The number of nitrogens with zero attached hydrogens (tertiary/aromatic N) is 2. The minimum Gasteiger partial charge on any atom is -0.323 e. The summed E-state index contributed by atoms with van der Waals surface area (Å²) in [6.07, 6.45) is -1.75. The summed E-state index contributed by atoms with van der Waals surface area (Å²) >= 11 is 1.08. The van der Waals surface area contributed by atoms with Crippen molar-refractivity contribution in [1.82, 2.24) is 4.98 Å². The lowest BCUT2D eigenvalue weighted by molar-refractivity contribution is -0.137. The second kappa shape index (κ2) is 9.99. The molecule has 0 saturated carbocycles. The Morgan fingerprint density at radius 3 is 2.42 bits per heavy atom. The maximum absolute atomic E-state index is 13.1. The van der Waals surface area contributed by atoms with Crippen LogP contribution in [-0.2, 0) is 15.8 Å². The van der Waals surface area contributed by atoms with Crippen molar-refractivity contribution < 1.29 is 22.8 Å². The average Bonchev–Trinajstić information content (AvgIpc) is 3.20. The Kier molecular flexibility index (Phi) is 7.33. The predicted octanol–water partition coefficient (Wildman–Crippen LogP) is 6.62. The number of alkyl halides is 3. The van der Waals surface area contributed by atoms with E-state index in [0.717, 1.165) is 33.9 Å². The monoisotopic (exact) mass is 473 g/mol. The lowest BCUT2D eigenvalue weighted by atomic mass is 10.0. The molecular weight excluding hydrogens is 451 g/mol. The Bertz CT molecular complexity index is 1170. The second-order valence-corrected chi connectivity index (χ2v) is 8.39. The molecule has 33 heavy (non-hydrogen) atoms. The fourth-order valence-corrected chi connectivity index (χ4v) is 3.85. The van der Waals surface area contributed by atoms with Crippen molar-refractivity contribution in [2.45, 2.75) is 32.9 Å². The van der Waals surface area contributed by atoms with Crippen LogP contribution in [-0.4, -0.2) is 16.8 Å². The van der Waals surface area contributed by atoms with Crippen LogP contribution in [0.25, 0.3) is 6.08 Å². The van der Waals surface area contributed by atoms with Gasteiger partial charge in [-0.05, 0) is 47.9 Å². The molecular formula is C24H22F3N3O2S. The number of carbonyl (C=O) groups excluding carboxylic acids is 2. The van der Waals surface area contributed by atoms with Crippen LogP contribution in [0.1, 0.15) is 43.5 Å². The van der Waals surface area contributed by atoms with E-state index < -0.39 is 17.6 Å². The molecule has 3 aromatic rings. The first-order chi connectivity index (χ1) is 15.5. The third-order valence-electron chi connectivity index (χ3n) is 4.70. The van der Waals surface area contributed by atoms with E-state index in [2.05, 4.69) is 24.1 Å². The summed E-state index contributed by atoms with van der Waals surface area (Å²) in [5, 5.41) is 4.56. The SMILES string of the molecule is CC(=O)N(c1cccc(C(F)(F)F)c1)c1nc(/C=C/C(=O)Nc2ccc(C(C)C)cc2)cs1. The van der Waals surface area contributed by atoms with Crippen molar-refractivity contribution in [2.75, 3.05) is 10.2 Å². The molecule has 2 aromatic carbocycles. The van der Waals surface area contributed by atoms with Crippen LogP contribution in [0.5, 0.6) is 0 Å². The fourth-order valence-electron chi connectivity index (χ4n) is 3.00. The Morgan fingerprint density at radius 1 is 1.12 bits per heavy atom. The topological polar surface area (TPSA) is 62.3 Å². The number of hydrogen-bond donors (Lipinski definition) is 1. The van der Waals surface area contributed by atoms with Crippen LogP contribution in [0.4, 0.5) is 29.7 Å². The van der Waals surface area contributed by atoms with Crippen molar-refractivity contribution in [3.63, 3.8) is 0 Å². The number of nitrogens with one attached hydrogen (secondary N) is 1. The minimum absolute atomic E-state index is 0.0600. The molecule has 0 radical (unpaired) electrons. The molecule has 1 heterocycles. The standard InChI is InChI=1S/C24H22F3N3O2S/c1-15(2)17-7-9-19(10-8-17)28-22(32)12-11-20-14-33-23(29-20)30(16(3)31)21-6-4-5-18(13-21)24(25,26)27/h4-15H,1-3H3,(H,28,32)/b12-11+. The van der Waals surface area contributed by atoms with Crippen molar-refractivity contribution in [1.29, 1.82) is 0 Å². The van der Waals surface area contributed by atoms with Gasteiger partial charge in [-0.15, -0.1) is 11.3 Å². The summed E-state index contributed by atoms with van der Waals surface area (Å²) in [5.41, 5.74) is 1.42. The molecule has 3 rings (SSSR count). The van der Waals surface area contributed by atoms with E-state index in [-0.39, 0.29) is 16.7 Å². The second-order valence-electron chi connectivity index (χ2n) is 7.56. The molecule has 1 aromatic heterocycles. The number of amides is 2. The van der Waals surface area contributed by atoms with Gasteiger partial charge in [0.05, 0.1) is 16.9 Å². The molecule has 0 unspecified atom stereocenters. The van der Waals surface area contributed by atoms with E-state index in [1.54, 1.807) is 5.38 Å². The number of thiazole rings is 1. The molecule has 0 aliphatic heterocycles. The maximum atomic E-state index is 13.1. The summed E-state index contributed by atoms with van der Waals surface area (Å²) < 4.78 is 39.2. The van der Waals surface area contributed by atoms with Gasteiger partial charge in [0.25, 0.3) is 0 Å². The average molecular weight is 474 g/mol. The van der Waals surface area contributed by atoms with Gasteiger partial charge in [-0.25, -0.2) is 4.98 Å².